The number of carboxylic acids is 2. The van der Waals surface area contributed by atoms with Crippen molar-refractivity contribution in [3.63, 3.8) is 0 Å². The number of piperidine rings is 1. The molecule has 1 aliphatic carbocycles. The summed E-state index contributed by atoms with van der Waals surface area (Å²) in [6, 6.07) is 4.49. The summed E-state index contributed by atoms with van der Waals surface area (Å²) in [5.74, 6) is -2.15. The van der Waals surface area contributed by atoms with Crippen molar-refractivity contribution >= 4 is 23.0 Å². The van der Waals surface area contributed by atoms with Crippen molar-refractivity contribution < 1.29 is 30.0 Å². The smallest absolute Gasteiger partial charge is 0.335 e. The second-order valence-electron chi connectivity index (χ2n) is 6.38. The minimum absolute atomic E-state index is 0.695. The first kappa shape index (κ1) is 18.2. The van der Waals surface area contributed by atoms with Crippen molar-refractivity contribution in [2.75, 3.05) is 13.1 Å². The molecular formula is C17H19N3O6. The number of rotatable bonds is 3. The minimum Gasteiger partial charge on any atom is -0.479 e. The van der Waals surface area contributed by atoms with Gasteiger partial charge in [-0.1, -0.05) is 0 Å². The Bertz CT molecular complexity index is 776. The molecular weight excluding hydrogens is 342 g/mol. The van der Waals surface area contributed by atoms with Gasteiger partial charge in [-0.25, -0.2) is 9.59 Å². The van der Waals surface area contributed by atoms with Crippen LogP contribution in [0.2, 0.25) is 0 Å². The highest BCUT2D eigenvalue weighted by molar-refractivity contribution is 5.83. The van der Waals surface area contributed by atoms with E-state index in [0.29, 0.717) is 11.8 Å². The maximum absolute atomic E-state index is 9.77. The summed E-state index contributed by atoms with van der Waals surface area (Å²) in [6.45, 7) is 2.24. The molecule has 138 valence electrons. The van der Waals surface area contributed by atoms with E-state index in [1.165, 1.54) is 17.5 Å². The Hall–Kier alpha value is -2.62. The van der Waals surface area contributed by atoms with Crippen molar-refractivity contribution in [2.45, 2.75) is 30.5 Å². The van der Waals surface area contributed by atoms with Crippen LogP contribution in [0.5, 0.6) is 0 Å². The highest BCUT2D eigenvalue weighted by atomic mass is 16.4. The molecule has 0 spiro atoms. The Balaban J connectivity index is 0.000000172. The molecule has 5 N–H and O–H groups in total. The van der Waals surface area contributed by atoms with Crippen LogP contribution in [0.25, 0.3) is 11.0 Å². The number of aliphatic carboxylic acids is 2. The Labute approximate surface area is 148 Å². The molecule has 9 heteroatoms. The molecule has 26 heavy (non-hydrogen) atoms. The van der Waals surface area contributed by atoms with Crippen molar-refractivity contribution in [1.82, 2.24) is 15.3 Å². The lowest BCUT2D eigenvalue weighted by molar-refractivity contribution is -0.165. The summed E-state index contributed by atoms with van der Waals surface area (Å²) >= 11 is 0. The Morgan fingerprint density at radius 2 is 1.35 bits per heavy atom. The van der Waals surface area contributed by atoms with Gasteiger partial charge in [-0.15, -0.1) is 0 Å². The summed E-state index contributed by atoms with van der Waals surface area (Å²) < 4.78 is 0. The molecule has 1 aliphatic heterocycles. The third-order valence-electron chi connectivity index (χ3n) is 4.71. The van der Waals surface area contributed by atoms with E-state index in [9.17, 15) is 9.59 Å². The Kier molecular flexibility index (Phi) is 5.12. The van der Waals surface area contributed by atoms with Crippen LogP contribution in [-0.4, -0.2) is 67.6 Å². The van der Waals surface area contributed by atoms with E-state index in [4.69, 9.17) is 20.4 Å². The largest absolute Gasteiger partial charge is 0.479 e. The first-order valence-corrected chi connectivity index (χ1v) is 8.15. The lowest BCUT2D eigenvalue weighted by atomic mass is 9.98. The number of nitrogens with one attached hydrogen (secondary N) is 1. The van der Waals surface area contributed by atoms with E-state index in [2.05, 4.69) is 27.4 Å². The molecule has 1 fully saturated rings. The van der Waals surface area contributed by atoms with Gasteiger partial charge in [0.1, 0.15) is 0 Å². The monoisotopic (exact) mass is 361 g/mol. The van der Waals surface area contributed by atoms with E-state index >= 15 is 0 Å². The van der Waals surface area contributed by atoms with Gasteiger partial charge >= 0.3 is 11.9 Å². The van der Waals surface area contributed by atoms with Gasteiger partial charge < -0.3 is 25.7 Å². The number of hydrogen-bond acceptors (Lipinski definition) is 7. The van der Waals surface area contributed by atoms with Crippen molar-refractivity contribution in [2.24, 2.45) is 0 Å². The van der Waals surface area contributed by atoms with E-state index in [-0.39, 0.29) is 0 Å². The lowest BCUT2D eigenvalue weighted by Gasteiger charge is -2.19. The zero-order valence-electron chi connectivity index (χ0n) is 13.7. The average Bonchev–Trinajstić information content (AvgIpc) is 2.88. The summed E-state index contributed by atoms with van der Waals surface area (Å²) in [5, 5.41) is 36.0. The third kappa shape index (κ3) is 3.50. The van der Waals surface area contributed by atoms with Gasteiger partial charge in [0.25, 0.3) is 0 Å². The number of aliphatic hydroxyl groups excluding tert-OH is 2. The van der Waals surface area contributed by atoms with Crippen molar-refractivity contribution in [3.05, 3.63) is 35.7 Å². The predicted molar refractivity (Wildman–Crippen MR) is 89.8 cm³/mol. The maximum atomic E-state index is 9.77. The Morgan fingerprint density at radius 3 is 1.73 bits per heavy atom. The number of carboxylic acid groups (broad SMARTS) is 2. The highest BCUT2D eigenvalue weighted by Gasteiger charge is 2.34. The van der Waals surface area contributed by atoms with Crippen LogP contribution in [0.15, 0.2) is 24.5 Å². The van der Waals surface area contributed by atoms with Crippen LogP contribution in [0.1, 0.15) is 29.4 Å². The molecule has 1 saturated heterocycles. The molecule has 2 aliphatic rings. The number of fused-ring (bicyclic) bond motifs is 6. The highest BCUT2D eigenvalue weighted by Crippen LogP contribution is 2.44. The first-order valence-electron chi connectivity index (χ1n) is 8.15. The number of hydrogen-bond donors (Lipinski definition) is 5. The maximum Gasteiger partial charge on any atom is 0.335 e. The predicted octanol–water partition coefficient (Wildman–Crippen LogP) is -0.319. The Morgan fingerprint density at radius 1 is 0.923 bits per heavy atom. The number of aromatic nitrogens is 2. The summed E-state index contributed by atoms with van der Waals surface area (Å²) in [4.78, 5) is 28.3. The van der Waals surface area contributed by atoms with Crippen LogP contribution in [0.4, 0.5) is 0 Å². The average molecular weight is 361 g/mol. The van der Waals surface area contributed by atoms with Gasteiger partial charge in [0, 0.05) is 25.5 Å². The standard InChI is InChI=1S/C13H13N3.C4H6O6/c1-2-16-13-5-11-9-3-8(6-14-7-9)10(11)4-12(13)15-1;5-1(3(7)8)2(6)4(9)10/h1-2,4-5,8-9,14H,3,6-7H2;1-2,5-6H,(H,7,8)(H,9,10)/t8-,9-;1-,2-/m11/s1. The van der Waals surface area contributed by atoms with Gasteiger partial charge in [-0.05, 0) is 41.5 Å². The van der Waals surface area contributed by atoms with Gasteiger partial charge in [0.2, 0.25) is 0 Å². The van der Waals surface area contributed by atoms with Gasteiger partial charge in [0.05, 0.1) is 11.0 Å². The lowest BCUT2D eigenvalue weighted by Crippen LogP contribution is -2.39. The number of benzene rings is 1. The molecule has 4 atom stereocenters. The molecule has 0 saturated carbocycles. The molecule has 2 heterocycles. The zero-order valence-corrected chi connectivity index (χ0v) is 13.7. The molecule has 0 radical (unpaired) electrons. The van der Waals surface area contributed by atoms with Crippen LogP contribution in [0.3, 0.4) is 0 Å². The van der Waals surface area contributed by atoms with Crippen LogP contribution >= 0.6 is 0 Å². The van der Waals surface area contributed by atoms with E-state index < -0.39 is 24.1 Å². The van der Waals surface area contributed by atoms with Gasteiger partial charge in [0.15, 0.2) is 12.2 Å². The van der Waals surface area contributed by atoms with Crippen LogP contribution in [-0.2, 0) is 9.59 Å². The van der Waals surface area contributed by atoms with Crippen LogP contribution < -0.4 is 5.32 Å². The van der Waals surface area contributed by atoms with E-state index in [1.807, 2.05) is 0 Å². The summed E-state index contributed by atoms with van der Waals surface area (Å²) in [7, 11) is 0. The fourth-order valence-corrected chi connectivity index (χ4v) is 3.44. The number of carbonyl (C=O) groups is 2. The molecule has 1 aromatic heterocycles. The normalized spacial score (nSPS) is 22.7. The number of nitrogens with zero attached hydrogens (tertiary/aromatic N) is 2. The molecule has 9 nitrogen and oxygen atoms in total. The molecule has 2 aromatic rings. The minimum atomic E-state index is -2.27. The van der Waals surface area contributed by atoms with Gasteiger partial charge in [-0.3, -0.25) is 9.97 Å². The van der Waals surface area contributed by atoms with E-state index in [1.54, 1.807) is 12.4 Å². The second kappa shape index (κ2) is 7.32. The molecule has 4 rings (SSSR count). The quantitative estimate of drug-likeness (QED) is 0.495. The topological polar surface area (TPSA) is 153 Å². The first-order chi connectivity index (χ1) is 12.4. The molecule has 0 unspecified atom stereocenters. The molecule has 2 bridgehead atoms. The van der Waals surface area contributed by atoms with E-state index in [0.717, 1.165) is 24.1 Å². The third-order valence-corrected chi connectivity index (χ3v) is 4.71. The van der Waals surface area contributed by atoms with Crippen LogP contribution in [0, 0.1) is 0 Å². The van der Waals surface area contributed by atoms with Crippen molar-refractivity contribution in [1.29, 1.82) is 0 Å². The summed E-state index contributed by atoms with van der Waals surface area (Å²) in [6.07, 6.45) is 0.316. The second-order valence-corrected chi connectivity index (χ2v) is 6.38. The summed E-state index contributed by atoms with van der Waals surface area (Å²) in [5.41, 5.74) is 5.08. The fourth-order valence-electron chi connectivity index (χ4n) is 3.44. The van der Waals surface area contributed by atoms with Gasteiger partial charge in [-0.2, -0.15) is 0 Å². The molecule has 0 amide bonds. The SMILES string of the molecule is O=C(O)[C@H](O)[C@@H](O)C(=O)O.c1cnc2cc3c(cc2n1)[C@H]1CNC[C@H]3C1. The zero-order chi connectivity index (χ0) is 18.8. The number of aliphatic hydroxyl groups is 2. The fraction of sp³-hybridized carbons (Fsp3) is 0.412. The molecule has 1 aromatic carbocycles. The van der Waals surface area contributed by atoms with Crippen molar-refractivity contribution in [3.8, 4) is 0 Å².